The number of nitrogens with one attached hydrogen (secondary N) is 1. The lowest BCUT2D eigenvalue weighted by Gasteiger charge is -2.24. The maximum absolute atomic E-state index is 14.5. The van der Waals surface area contributed by atoms with Gasteiger partial charge in [0.25, 0.3) is 12.3 Å². The number of alkyl halides is 6. The Morgan fingerprint density at radius 3 is 2.59 bits per heavy atom. The molecule has 2 unspecified atom stereocenters. The van der Waals surface area contributed by atoms with Gasteiger partial charge in [-0.1, -0.05) is 31.4 Å². The fourth-order valence-electron chi connectivity index (χ4n) is 4.94. The van der Waals surface area contributed by atoms with Gasteiger partial charge in [0.2, 0.25) is 0 Å². The Morgan fingerprint density at radius 2 is 1.98 bits per heavy atom. The summed E-state index contributed by atoms with van der Waals surface area (Å²) in [5.74, 6) is -2.85. The van der Waals surface area contributed by atoms with Crippen molar-refractivity contribution in [3.05, 3.63) is 89.9 Å². The van der Waals surface area contributed by atoms with Gasteiger partial charge in [-0.05, 0) is 44.0 Å². The summed E-state index contributed by atoms with van der Waals surface area (Å²) in [4.78, 5) is 21.6. The van der Waals surface area contributed by atoms with Crippen LogP contribution in [0.2, 0.25) is 0 Å². The molecule has 3 heterocycles. The molecule has 1 saturated carbocycles. The highest BCUT2D eigenvalue weighted by molar-refractivity contribution is 6.00. The van der Waals surface area contributed by atoms with Crippen LogP contribution in [0.5, 0.6) is 11.5 Å². The normalized spacial score (nSPS) is 19.0. The summed E-state index contributed by atoms with van der Waals surface area (Å²) in [6, 6.07) is 4.94. The average molecular weight is 618 g/mol. The highest BCUT2D eigenvalue weighted by Gasteiger charge is 2.45. The molecule has 2 aromatic heterocycles. The molecule has 0 spiro atoms. The number of halogens is 6. The van der Waals surface area contributed by atoms with E-state index < -0.39 is 48.8 Å². The number of pyridine rings is 2. The van der Waals surface area contributed by atoms with Gasteiger partial charge in [0.05, 0.1) is 17.2 Å². The lowest BCUT2D eigenvalue weighted by atomic mass is 9.84. The molecule has 1 aromatic carbocycles. The van der Waals surface area contributed by atoms with E-state index in [4.69, 9.17) is 9.47 Å². The lowest BCUT2D eigenvalue weighted by Crippen LogP contribution is -2.36. The van der Waals surface area contributed by atoms with Crippen molar-refractivity contribution in [3.8, 4) is 11.5 Å². The van der Waals surface area contributed by atoms with Crippen LogP contribution in [0.1, 0.15) is 65.0 Å². The molecular formula is C32H29F6N3O3. The van der Waals surface area contributed by atoms with Gasteiger partial charge in [-0.25, -0.2) is 18.2 Å². The van der Waals surface area contributed by atoms with Crippen LogP contribution in [-0.4, -0.2) is 48.0 Å². The van der Waals surface area contributed by atoms with Crippen LogP contribution in [0.4, 0.5) is 26.3 Å². The molecule has 0 radical (unpaired) electrons. The summed E-state index contributed by atoms with van der Waals surface area (Å²) >= 11 is 0. The summed E-state index contributed by atoms with van der Waals surface area (Å²) in [6.07, 6.45) is -0.995. The Bertz CT molecular complexity index is 1650. The van der Waals surface area contributed by atoms with Gasteiger partial charge in [-0.15, -0.1) is 0 Å². The van der Waals surface area contributed by atoms with E-state index in [9.17, 15) is 31.1 Å². The maximum Gasteiger partial charge on any atom is 0.398 e. The number of hydrogen-bond acceptors (Lipinski definition) is 5. The van der Waals surface area contributed by atoms with Crippen LogP contribution in [-0.2, 0) is 5.41 Å². The Hall–Kier alpha value is -4.35. The van der Waals surface area contributed by atoms with E-state index in [1.807, 2.05) is 0 Å². The predicted molar refractivity (Wildman–Crippen MR) is 153 cm³/mol. The Labute approximate surface area is 249 Å². The Balaban J connectivity index is 1.51. The maximum atomic E-state index is 14.5. The van der Waals surface area contributed by atoms with Crippen molar-refractivity contribution in [1.29, 1.82) is 0 Å². The van der Waals surface area contributed by atoms with Gasteiger partial charge >= 0.3 is 6.18 Å². The number of hydrogen-bond donors (Lipinski definition) is 1. The largest absolute Gasteiger partial charge is 0.490 e. The number of fused-ring (bicyclic) bond motifs is 2. The van der Waals surface area contributed by atoms with Crippen LogP contribution in [0.3, 0.4) is 0 Å². The van der Waals surface area contributed by atoms with Crippen LogP contribution in [0.25, 0.3) is 16.5 Å². The van der Waals surface area contributed by atoms with Gasteiger partial charge in [0.1, 0.15) is 41.9 Å². The van der Waals surface area contributed by atoms with Crippen molar-refractivity contribution in [2.24, 2.45) is 0 Å². The van der Waals surface area contributed by atoms with Crippen LogP contribution in [0, 0.1) is 0 Å². The van der Waals surface area contributed by atoms with Crippen molar-refractivity contribution >= 4 is 22.4 Å². The summed E-state index contributed by atoms with van der Waals surface area (Å²) < 4.78 is 96.0. The summed E-state index contributed by atoms with van der Waals surface area (Å²) in [7, 11) is 0. The molecular weight excluding hydrogens is 588 g/mol. The van der Waals surface area contributed by atoms with E-state index >= 15 is 0 Å². The molecule has 232 valence electrons. The quantitative estimate of drug-likeness (QED) is 0.178. The predicted octanol–water partition coefficient (Wildman–Crippen LogP) is 7.56. The third-order valence-corrected chi connectivity index (χ3v) is 7.58. The van der Waals surface area contributed by atoms with Crippen molar-refractivity contribution in [2.45, 2.75) is 49.8 Å². The number of ether oxygens (including phenoxy) is 2. The molecule has 6 nitrogen and oxygen atoms in total. The minimum atomic E-state index is -4.87. The third-order valence-electron chi connectivity index (χ3n) is 7.58. The zero-order valence-corrected chi connectivity index (χ0v) is 23.7. The average Bonchev–Trinajstić information content (AvgIpc) is 3.75. The molecule has 0 saturated heterocycles. The molecule has 1 aliphatic carbocycles. The standard InChI is InChI=1S/C32H29F6N3O3/c1-4-6-17(5-2)27-28-22(31(3,15-33)16-43-28)12-24(41-27)23(32(36,37)38)14-40-30(42)19-9-18-10-20(29(34)35)13-39-26(18)25(11-19)44-21-7-8-21/h4-6,9-13,21,23,29H,1-2,7-8,14-16H2,3H3,(H,40,42)/b17-6+. The SMILES string of the molecule is C=C/C=C(\C=C)c1nc(C(CNC(=O)c2cc(OC3CC3)c3ncc(C(F)F)cc3c2)C(F)(F)F)cc2c1OCC2(C)CF. The van der Waals surface area contributed by atoms with Gasteiger partial charge in [-0.2, -0.15) is 13.2 Å². The number of carbonyl (C=O) groups is 1. The monoisotopic (exact) mass is 617 g/mol. The van der Waals surface area contributed by atoms with Crippen molar-refractivity contribution in [3.63, 3.8) is 0 Å². The van der Waals surface area contributed by atoms with E-state index in [0.29, 0.717) is 5.57 Å². The van der Waals surface area contributed by atoms with Gasteiger partial charge in [0, 0.05) is 40.4 Å². The molecule has 1 amide bonds. The second kappa shape index (κ2) is 12.0. The van der Waals surface area contributed by atoms with Crippen LogP contribution in [0.15, 0.2) is 61.8 Å². The molecule has 44 heavy (non-hydrogen) atoms. The van der Waals surface area contributed by atoms with Gasteiger partial charge in [0.15, 0.2) is 0 Å². The fraction of sp³-hybridized carbons (Fsp3) is 0.344. The van der Waals surface area contributed by atoms with Crippen LogP contribution >= 0.6 is 0 Å². The highest BCUT2D eigenvalue weighted by Crippen LogP contribution is 2.46. The zero-order chi connectivity index (χ0) is 31.8. The number of amides is 1. The minimum Gasteiger partial charge on any atom is -0.490 e. The van der Waals surface area contributed by atoms with E-state index in [2.05, 4.69) is 28.4 Å². The van der Waals surface area contributed by atoms with E-state index in [0.717, 1.165) is 25.1 Å². The number of benzene rings is 1. The van der Waals surface area contributed by atoms with Crippen molar-refractivity contribution < 1.29 is 40.6 Å². The Kier molecular flexibility index (Phi) is 8.46. The molecule has 1 aliphatic heterocycles. The minimum absolute atomic E-state index is 0.0453. The van der Waals surface area contributed by atoms with Gasteiger partial charge < -0.3 is 14.8 Å². The molecule has 0 bridgehead atoms. The molecule has 12 heteroatoms. The Morgan fingerprint density at radius 1 is 1.23 bits per heavy atom. The van der Waals surface area contributed by atoms with E-state index in [1.165, 1.54) is 43.4 Å². The zero-order valence-electron chi connectivity index (χ0n) is 23.7. The van der Waals surface area contributed by atoms with E-state index in [-0.39, 0.29) is 57.5 Å². The number of aromatic nitrogens is 2. The molecule has 2 atom stereocenters. The van der Waals surface area contributed by atoms with E-state index in [1.54, 1.807) is 0 Å². The smallest absolute Gasteiger partial charge is 0.398 e. The topological polar surface area (TPSA) is 73.3 Å². The second-order valence-corrected chi connectivity index (χ2v) is 11.1. The van der Waals surface area contributed by atoms with Gasteiger partial charge in [-0.3, -0.25) is 9.78 Å². The summed E-state index contributed by atoms with van der Waals surface area (Å²) in [5, 5.41) is 2.49. The van der Waals surface area contributed by atoms with Crippen molar-refractivity contribution in [2.75, 3.05) is 19.8 Å². The number of nitrogens with zero attached hydrogens (tertiary/aromatic N) is 2. The first-order chi connectivity index (χ1) is 20.9. The summed E-state index contributed by atoms with van der Waals surface area (Å²) in [5.41, 5.74) is -1.29. The molecule has 1 N–H and O–H groups in total. The number of allylic oxidation sites excluding steroid dienone is 4. The molecule has 1 fully saturated rings. The molecule has 2 aliphatic rings. The fourth-order valence-corrected chi connectivity index (χ4v) is 4.94. The molecule has 3 aromatic rings. The highest BCUT2D eigenvalue weighted by atomic mass is 19.4. The number of rotatable bonds is 11. The first-order valence-corrected chi connectivity index (χ1v) is 13.8. The summed E-state index contributed by atoms with van der Waals surface area (Å²) in [6.45, 7) is 6.95. The second-order valence-electron chi connectivity index (χ2n) is 11.1. The third kappa shape index (κ3) is 6.15. The first-order valence-electron chi connectivity index (χ1n) is 13.8. The number of carbonyl (C=O) groups excluding carboxylic acids is 1. The van der Waals surface area contributed by atoms with Crippen molar-refractivity contribution in [1.82, 2.24) is 15.3 Å². The molecule has 5 rings (SSSR count). The lowest BCUT2D eigenvalue weighted by molar-refractivity contribution is -0.149. The van der Waals surface area contributed by atoms with Crippen LogP contribution < -0.4 is 14.8 Å². The first kappa shape index (κ1) is 31.1.